The molecule has 2 aromatic rings. The molecule has 0 saturated heterocycles. The molecule has 0 atom stereocenters. The molecule has 0 radical (unpaired) electrons. The molecule has 5 heteroatoms. The molecule has 0 saturated carbocycles. The van der Waals surface area contributed by atoms with E-state index in [9.17, 15) is 9.59 Å². The van der Waals surface area contributed by atoms with Gasteiger partial charge in [0.15, 0.2) is 0 Å². The molecule has 0 unspecified atom stereocenters. The second-order valence-electron chi connectivity index (χ2n) is 5.25. The predicted molar refractivity (Wildman–Crippen MR) is 94.6 cm³/mol. The minimum atomic E-state index is -0.232. The summed E-state index contributed by atoms with van der Waals surface area (Å²) < 4.78 is 5.36. The first kappa shape index (κ1) is 17.5. The number of benzene rings is 2. The molecule has 2 aromatic carbocycles. The number of hydrogen-bond donors (Lipinski definition) is 2. The minimum absolute atomic E-state index is 0.144. The van der Waals surface area contributed by atoms with Crippen LogP contribution in [-0.4, -0.2) is 25.0 Å². The topological polar surface area (TPSA) is 67.4 Å². The summed E-state index contributed by atoms with van der Waals surface area (Å²) >= 11 is 0. The Morgan fingerprint density at radius 3 is 2.38 bits per heavy atom. The fourth-order valence-electron chi connectivity index (χ4n) is 2.15. The van der Waals surface area contributed by atoms with E-state index >= 15 is 0 Å². The number of carbonyl (C=O) groups is 2. The van der Waals surface area contributed by atoms with Crippen LogP contribution in [0, 0.1) is 0 Å². The molecule has 24 heavy (non-hydrogen) atoms. The number of ether oxygens (including phenoxy) is 1. The summed E-state index contributed by atoms with van der Waals surface area (Å²) in [5.74, 6) is 0.349. The first-order chi connectivity index (χ1) is 11.6. The summed E-state index contributed by atoms with van der Waals surface area (Å²) in [6.45, 7) is 5.11. The highest BCUT2D eigenvalue weighted by Crippen LogP contribution is 2.15. The highest BCUT2D eigenvalue weighted by Gasteiger charge is 2.09. The Kier molecular flexibility index (Phi) is 6.37. The summed E-state index contributed by atoms with van der Waals surface area (Å²) in [5, 5.41) is 5.61. The van der Waals surface area contributed by atoms with E-state index in [-0.39, 0.29) is 11.8 Å². The first-order valence-corrected chi connectivity index (χ1v) is 8.06. The van der Waals surface area contributed by atoms with E-state index in [1.54, 1.807) is 48.5 Å². The van der Waals surface area contributed by atoms with Crippen molar-refractivity contribution in [1.29, 1.82) is 0 Å². The average Bonchev–Trinajstić information content (AvgIpc) is 2.60. The van der Waals surface area contributed by atoms with Crippen LogP contribution in [0.2, 0.25) is 0 Å². The molecule has 0 fully saturated rings. The molecular formula is C19H22N2O3. The van der Waals surface area contributed by atoms with Gasteiger partial charge >= 0.3 is 0 Å². The van der Waals surface area contributed by atoms with Crippen molar-refractivity contribution in [3.05, 3.63) is 59.7 Å². The maximum Gasteiger partial charge on any atom is 0.255 e. The summed E-state index contributed by atoms with van der Waals surface area (Å²) in [5.41, 5.74) is 1.63. The van der Waals surface area contributed by atoms with Crippen LogP contribution in [0.4, 0.5) is 5.69 Å². The van der Waals surface area contributed by atoms with E-state index in [1.807, 2.05) is 13.8 Å². The molecule has 126 valence electrons. The second-order valence-corrected chi connectivity index (χ2v) is 5.25. The van der Waals surface area contributed by atoms with Crippen molar-refractivity contribution in [3.8, 4) is 5.75 Å². The van der Waals surface area contributed by atoms with Crippen LogP contribution < -0.4 is 15.4 Å². The zero-order valence-corrected chi connectivity index (χ0v) is 14.0. The third-order valence-electron chi connectivity index (χ3n) is 3.35. The SMILES string of the molecule is CCCNC(=O)c1cccc(NC(=O)c2ccc(OCC)cc2)c1. The molecule has 0 aliphatic heterocycles. The van der Waals surface area contributed by atoms with Crippen molar-refractivity contribution >= 4 is 17.5 Å². The van der Waals surface area contributed by atoms with Crippen LogP contribution in [0.15, 0.2) is 48.5 Å². The number of anilines is 1. The predicted octanol–water partition coefficient (Wildman–Crippen LogP) is 3.48. The average molecular weight is 326 g/mol. The number of nitrogens with one attached hydrogen (secondary N) is 2. The number of hydrogen-bond acceptors (Lipinski definition) is 3. The maximum absolute atomic E-state index is 12.3. The van der Waals surface area contributed by atoms with E-state index in [1.165, 1.54) is 0 Å². The van der Waals surface area contributed by atoms with Crippen molar-refractivity contribution in [2.45, 2.75) is 20.3 Å². The second kappa shape index (κ2) is 8.72. The van der Waals surface area contributed by atoms with E-state index in [4.69, 9.17) is 4.74 Å². The van der Waals surface area contributed by atoms with Crippen LogP contribution in [0.1, 0.15) is 41.0 Å². The van der Waals surface area contributed by atoms with Crippen LogP contribution in [0.25, 0.3) is 0 Å². The molecule has 2 amide bonds. The Morgan fingerprint density at radius 2 is 1.71 bits per heavy atom. The monoisotopic (exact) mass is 326 g/mol. The van der Waals surface area contributed by atoms with Crippen LogP contribution in [0.3, 0.4) is 0 Å². The third kappa shape index (κ3) is 4.84. The lowest BCUT2D eigenvalue weighted by molar-refractivity contribution is 0.0952. The Labute approximate surface area is 142 Å². The Hall–Kier alpha value is -2.82. The van der Waals surface area contributed by atoms with Gasteiger partial charge in [0, 0.05) is 23.4 Å². The van der Waals surface area contributed by atoms with Crippen molar-refractivity contribution in [2.75, 3.05) is 18.5 Å². The highest BCUT2D eigenvalue weighted by molar-refractivity contribution is 6.05. The summed E-state index contributed by atoms with van der Waals surface area (Å²) in [4.78, 5) is 24.3. The summed E-state index contributed by atoms with van der Waals surface area (Å²) in [6.07, 6.45) is 0.875. The van der Waals surface area contributed by atoms with Crippen LogP contribution in [-0.2, 0) is 0 Å². The van der Waals surface area contributed by atoms with Crippen molar-refractivity contribution in [2.24, 2.45) is 0 Å². The van der Waals surface area contributed by atoms with Gasteiger partial charge in [-0.3, -0.25) is 9.59 Å². The molecule has 0 spiro atoms. The Morgan fingerprint density at radius 1 is 0.958 bits per heavy atom. The third-order valence-corrected chi connectivity index (χ3v) is 3.35. The van der Waals surface area contributed by atoms with Gasteiger partial charge in [-0.05, 0) is 55.8 Å². The van der Waals surface area contributed by atoms with Gasteiger partial charge < -0.3 is 15.4 Å². The van der Waals surface area contributed by atoms with Crippen molar-refractivity contribution in [3.63, 3.8) is 0 Å². The Bertz CT molecular complexity index is 696. The lowest BCUT2D eigenvalue weighted by atomic mass is 10.1. The van der Waals surface area contributed by atoms with Gasteiger partial charge in [0.2, 0.25) is 0 Å². The van der Waals surface area contributed by atoms with E-state index in [2.05, 4.69) is 10.6 Å². The molecule has 0 aliphatic carbocycles. The minimum Gasteiger partial charge on any atom is -0.494 e. The largest absolute Gasteiger partial charge is 0.494 e. The van der Waals surface area contributed by atoms with E-state index < -0.39 is 0 Å². The zero-order valence-electron chi connectivity index (χ0n) is 14.0. The lowest BCUT2D eigenvalue weighted by Gasteiger charge is -2.09. The molecule has 5 nitrogen and oxygen atoms in total. The lowest BCUT2D eigenvalue weighted by Crippen LogP contribution is -2.24. The summed E-state index contributed by atoms with van der Waals surface area (Å²) in [7, 11) is 0. The number of rotatable bonds is 7. The normalized spacial score (nSPS) is 10.1. The molecule has 0 bridgehead atoms. The van der Waals surface area contributed by atoms with Gasteiger partial charge in [0.05, 0.1) is 6.61 Å². The Balaban J connectivity index is 2.04. The molecule has 0 aliphatic rings. The fourth-order valence-corrected chi connectivity index (χ4v) is 2.15. The fraction of sp³-hybridized carbons (Fsp3) is 0.263. The van der Waals surface area contributed by atoms with E-state index in [0.717, 1.165) is 12.2 Å². The molecule has 0 aromatic heterocycles. The molecule has 2 rings (SSSR count). The van der Waals surface area contributed by atoms with Gasteiger partial charge in [-0.2, -0.15) is 0 Å². The van der Waals surface area contributed by atoms with Gasteiger partial charge in [-0.25, -0.2) is 0 Å². The van der Waals surface area contributed by atoms with E-state index in [0.29, 0.717) is 30.0 Å². The van der Waals surface area contributed by atoms with Crippen molar-refractivity contribution in [1.82, 2.24) is 5.32 Å². The quantitative estimate of drug-likeness (QED) is 0.818. The summed E-state index contributed by atoms with van der Waals surface area (Å²) in [6, 6.07) is 13.8. The highest BCUT2D eigenvalue weighted by atomic mass is 16.5. The number of carbonyl (C=O) groups excluding carboxylic acids is 2. The first-order valence-electron chi connectivity index (χ1n) is 8.06. The number of amides is 2. The van der Waals surface area contributed by atoms with Crippen molar-refractivity contribution < 1.29 is 14.3 Å². The zero-order chi connectivity index (χ0) is 17.4. The van der Waals surface area contributed by atoms with Crippen LogP contribution >= 0.6 is 0 Å². The standard InChI is InChI=1S/C19H22N2O3/c1-3-12-20-18(22)15-6-5-7-16(13-15)21-19(23)14-8-10-17(11-9-14)24-4-2/h5-11,13H,3-4,12H2,1-2H3,(H,20,22)(H,21,23). The maximum atomic E-state index is 12.3. The van der Waals surface area contributed by atoms with Gasteiger partial charge in [-0.15, -0.1) is 0 Å². The smallest absolute Gasteiger partial charge is 0.255 e. The van der Waals surface area contributed by atoms with Crippen LogP contribution in [0.5, 0.6) is 5.75 Å². The molecular weight excluding hydrogens is 304 g/mol. The van der Waals surface area contributed by atoms with Gasteiger partial charge in [0.1, 0.15) is 5.75 Å². The van der Waals surface area contributed by atoms with Gasteiger partial charge in [0.25, 0.3) is 11.8 Å². The molecule has 0 heterocycles. The molecule has 2 N–H and O–H groups in total. The van der Waals surface area contributed by atoms with Gasteiger partial charge in [-0.1, -0.05) is 13.0 Å².